The van der Waals surface area contributed by atoms with Crippen molar-refractivity contribution in [2.45, 2.75) is 50.4 Å². The zero-order valence-electron chi connectivity index (χ0n) is 20.8. The fourth-order valence-electron chi connectivity index (χ4n) is 6.23. The van der Waals surface area contributed by atoms with Crippen LogP contribution in [0, 0.1) is 11.8 Å². The molecular formula is C26H33N3O7. The molecule has 0 fully saturated rings. The van der Waals surface area contributed by atoms with Crippen LogP contribution in [0.2, 0.25) is 0 Å². The summed E-state index contributed by atoms with van der Waals surface area (Å²) in [5.74, 6) is -6.55. The van der Waals surface area contributed by atoms with E-state index in [1.165, 1.54) is 11.0 Å². The van der Waals surface area contributed by atoms with Crippen molar-refractivity contribution in [3.8, 4) is 5.75 Å². The number of likely N-dealkylation sites (N-methyl/N-ethyl adjacent to an activating group) is 1. The maximum Gasteiger partial charge on any atom is 0.255 e. The number of Topliss-reactive ketones (excluding diaryl/α,β-unsaturated/α-hetero) is 2. The molecule has 0 heterocycles. The Kier molecular flexibility index (Phi) is 6.48. The number of fused-ring (bicyclic) bond motifs is 3. The Hall–Kier alpha value is -3.21. The zero-order chi connectivity index (χ0) is 26.7. The molecule has 10 nitrogen and oxygen atoms in total. The van der Waals surface area contributed by atoms with E-state index >= 15 is 0 Å². The molecule has 0 aliphatic heterocycles. The molecule has 1 amide bonds. The van der Waals surface area contributed by atoms with E-state index in [-0.39, 0.29) is 22.6 Å². The molecule has 3 aliphatic rings. The highest BCUT2D eigenvalue weighted by molar-refractivity contribution is 6.22. The molecule has 36 heavy (non-hydrogen) atoms. The SMILES string of the molecule is CCCCNC1=C2C(=O)c3c(O)cccc3[C@H](C)[C@H]2[C@H](O)[C@H]2[C@H](N(C)C)C(=O)C(C(N)=O)=C(O)[C@@]12O. The second-order valence-electron chi connectivity index (χ2n) is 10.1. The summed E-state index contributed by atoms with van der Waals surface area (Å²) in [6.45, 7) is 4.06. The lowest BCUT2D eigenvalue weighted by atomic mass is 9.55. The number of phenols is 1. The van der Waals surface area contributed by atoms with E-state index in [2.05, 4.69) is 5.32 Å². The van der Waals surface area contributed by atoms with Gasteiger partial charge in [-0.2, -0.15) is 0 Å². The Morgan fingerprint density at radius 1 is 1.22 bits per heavy atom. The molecule has 1 aromatic rings. The maximum atomic E-state index is 13.9. The van der Waals surface area contributed by atoms with Gasteiger partial charge in [-0.05, 0) is 38.1 Å². The van der Waals surface area contributed by atoms with Gasteiger partial charge in [-0.3, -0.25) is 19.3 Å². The number of primary amides is 1. The largest absolute Gasteiger partial charge is 0.508 e. The summed E-state index contributed by atoms with van der Waals surface area (Å²) in [7, 11) is 3.12. The lowest BCUT2D eigenvalue weighted by Gasteiger charge is -2.55. The van der Waals surface area contributed by atoms with Gasteiger partial charge < -0.3 is 31.5 Å². The minimum absolute atomic E-state index is 0.000999. The summed E-state index contributed by atoms with van der Waals surface area (Å²) in [4.78, 5) is 41.0. The highest BCUT2D eigenvalue weighted by atomic mass is 16.3. The summed E-state index contributed by atoms with van der Waals surface area (Å²) < 4.78 is 0. The summed E-state index contributed by atoms with van der Waals surface area (Å²) in [6, 6.07) is 3.47. The quantitative estimate of drug-likeness (QED) is 0.240. The number of carbonyl (C=O) groups excluding carboxylic acids is 3. The van der Waals surface area contributed by atoms with Crippen LogP contribution >= 0.6 is 0 Å². The molecule has 0 bridgehead atoms. The van der Waals surface area contributed by atoms with Gasteiger partial charge in [0.15, 0.2) is 17.2 Å². The molecule has 0 saturated carbocycles. The van der Waals surface area contributed by atoms with Crippen LogP contribution in [0.1, 0.15) is 48.5 Å². The van der Waals surface area contributed by atoms with Gasteiger partial charge in [0.25, 0.3) is 5.91 Å². The monoisotopic (exact) mass is 499 g/mol. The van der Waals surface area contributed by atoms with Gasteiger partial charge >= 0.3 is 0 Å². The van der Waals surface area contributed by atoms with Crippen molar-refractivity contribution in [1.29, 1.82) is 0 Å². The van der Waals surface area contributed by atoms with E-state index in [9.17, 15) is 34.8 Å². The number of nitrogens with two attached hydrogens (primary N) is 1. The van der Waals surface area contributed by atoms with Crippen molar-refractivity contribution in [3.63, 3.8) is 0 Å². The highest BCUT2D eigenvalue weighted by Gasteiger charge is 2.66. The van der Waals surface area contributed by atoms with Crippen molar-refractivity contribution in [2.24, 2.45) is 17.6 Å². The smallest absolute Gasteiger partial charge is 0.255 e. The van der Waals surface area contributed by atoms with E-state index in [0.29, 0.717) is 18.5 Å². The number of ketones is 2. The van der Waals surface area contributed by atoms with E-state index in [4.69, 9.17) is 5.73 Å². The summed E-state index contributed by atoms with van der Waals surface area (Å²) >= 11 is 0. The van der Waals surface area contributed by atoms with E-state index < -0.39 is 64.3 Å². The van der Waals surface area contributed by atoms with Crippen molar-refractivity contribution in [3.05, 3.63) is 51.9 Å². The predicted molar refractivity (Wildman–Crippen MR) is 130 cm³/mol. The summed E-state index contributed by atoms with van der Waals surface area (Å²) in [5.41, 5.74) is 2.70. The fraction of sp³-hybridized carbons (Fsp3) is 0.500. The third-order valence-corrected chi connectivity index (χ3v) is 7.87. The standard InChI is InChI=1S/C26H33N3O7/c1-5-6-10-28-23-16-14(11(2)12-8-7-9-13(30)15(12)20(16)31)21(32)18-19(29(3)4)22(33)17(25(27)35)24(34)26(18,23)36/h7-9,11,14,18-19,21,28,30,32,34,36H,5-6,10H2,1-4H3,(H2,27,35)/t11-,14+,18+,19-,21-,26-/m0/s1. The molecule has 0 unspecified atom stereocenters. The van der Waals surface area contributed by atoms with Crippen LogP contribution in [0.3, 0.4) is 0 Å². The molecule has 0 aromatic heterocycles. The van der Waals surface area contributed by atoms with Gasteiger partial charge in [-0.15, -0.1) is 0 Å². The van der Waals surface area contributed by atoms with Gasteiger partial charge in [0.1, 0.15) is 17.1 Å². The number of nitrogens with zero attached hydrogens (tertiary/aromatic N) is 1. The number of unbranched alkanes of at least 4 members (excludes halogenated alkanes) is 1. The second kappa shape index (κ2) is 9.02. The molecule has 10 heteroatoms. The zero-order valence-corrected chi connectivity index (χ0v) is 20.8. The second-order valence-corrected chi connectivity index (χ2v) is 10.1. The maximum absolute atomic E-state index is 13.9. The predicted octanol–water partition coefficient (Wildman–Crippen LogP) is 0.484. The molecule has 6 atom stereocenters. The van der Waals surface area contributed by atoms with E-state index in [1.54, 1.807) is 33.2 Å². The van der Waals surface area contributed by atoms with Crippen LogP contribution in [-0.4, -0.2) is 81.2 Å². The summed E-state index contributed by atoms with van der Waals surface area (Å²) in [6.07, 6.45) is -0.0337. The van der Waals surface area contributed by atoms with Crippen LogP contribution in [0.4, 0.5) is 0 Å². The molecule has 0 saturated heterocycles. The number of phenolic OH excluding ortho intramolecular Hbond substituents is 1. The van der Waals surface area contributed by atoms with E-state index in [0.717, 1.165) is 6.42 Å². The lowest BCUT2D eigenvalue weighted by molar-refractivity contribution is -0.146. The topological polar surface area (TPSA) is 173 Å². The number of hydrogen-bond acceptors (Lipinski definition) is 9. The van der Waals surface area contributed by atoms with Crippen molar-refractivity contribution in [1.82, 2.24) is 10.2 Å². The molecule has 1 aromatic carbocycles. The van der Waals surface area contributed by atoms with Crippen LogP contribution in [0.15, 0.2) is 40.8 Å². The molecular weight excluding hydrogens is 466 g/mol. The Morgan fingerprint density at radius 3 is 2.47 bits per heavy atom. The van der Waals surface area contributed by atoms with Gasteiger partial charge in [0.05, 0.1) is 29.3 Å². The third-order valence-electron chi connectivity index (χ3n) is 7.87. The molecule has 194 valence electrons. The molecule has 0 radical (unpaired) electrons. The van der Waals surface area contributed by atoms with E-state index in [1.807, 2.05) is 6.92 Å². The number of amides is 1. The first-order valence-corrected chi connectivity index (χ1v) is 12.1. The van der Waals surface area contributed by atoms with Crippen LogP contribution in [0.5, 0.6) is 5.75 Å². The van der Waals surface area contributed by atoms with Gasteiger partial charge in [-0.1, -0.05) is 32.4 Å². The Bertz CT molecular complexity index is 1200. The Morgan fingerprint density at radius 2 is 1.89 bits per heavy atom. The third kappa shape index (κ3) is 3.39. The van der Waals surface area contributed by atoms with Gasteiger partial charge in [-0.25, -0.2) is 0 Å². The van der Waals surface area contributed by atoms with Crippen LogP contribution in [0.25, 0.3) is 0 Å². The lowest BCUT2D eigenvalue weighted by Crippen LogP contribution is -2.69. The van der Waals surface area contributed by atoms with Gasteiger partial charge in [0.2, 0.25) is 0 Å². The summed E-state index contributed by atoms with van der Waals surface area (Å²) in [5, 5.41) is 48.9. The number of carbonyl (C=O) groups is 3. The van der Waals surface area contributed by atoms with Crippen molar-refractivity contribution >= 4 is 17.5 Å². The fourth-order valence-corrected chi connectivity index (χ4v) is 6.23. The molecule has 0 spiro atoms. The molecule has 7 N–H and O–H groups in total. The number of nitrogens with one attached hydrogen (secondary N) is 1. The Labute approximate surface area is 209 Å². The number of rotatable bonds is 6. The molecule has 3 aliphatic carbocycles. The number of aliphatic hydroxyl groups excluding tert-OH is 2. The first kappa shape index (κ1) is 25.9. The number of aromatic hydroxyl groups is 1. The number of hydrogen-bond donors (Lipinski definition) is 6. The van der Waals surface area contributed by atoms with Gasteiger partial charge in [0, 0.05) is 18.0 Å². The minimum atomic E-state index is -2.48. The minimum Gasteiger partial charge on any atom is -0.508 e. The average molecular weight is 500 g/mol. The first-order valence-electron chi connectivity index (χ1n) is 12.1. The van der Waals surface area contributed by atoms with Crippen LogP contribution < -0.4 is 11.1 Å². The Balaban J connectivity index is 2.11. The van der Waals surface area contributed by atoms with Crippen molar-refractivity contribution in [2.75, 3.05) is 20.6 Å². The normalized spacial score (nSPS) is 31.8. The molecule has 4 rings (SSSR count). The number of aliphatic hydroxyl groups is 3. The van der Waals surface area contributed by atoms with Crippen molar-refractivity contribution < 1.29 is 34.8 Å². The first-order chi connectivity index (χ1) is 16.9. The van der Waals surface area contributed by atoms with Crippen LogP contribution in [-0.2, 0) is 9.59 Å². The highest BCUT2D eigenvalue weighted by Crippen LogP contribution is 2.56. The number of benzene rings is 1. The average Bonchev–Trinajstić information content (AvgIpc) is 2.80.